The summed E-state index contributed by atoms with van der Waals surface area (Å²) in [5.74, 6) is 0.632. The lowest BCUT2D eigenvalue weighted by atomic mass is 10.1. The number of benzene rings is 1. The molecule has 27 heavy (non-hydrogen) atoms. The molecule has 4 rings (SSSR count). The van der Waals surface area contributed by atoms with Gasteiger partial charge in [0.15, 0.2) is 0 Å². The number of rotatable bonds is 5. The molecule has 0 bridgehead atoms. The summed E-state index contributed by atoms with van der Waals surface area (Å²) in [4.78, 5) is 2.25. The number of likely N-dealkylation sites (tertiary alicyclic amines) is 1. The predicted octanol–water partition coefficient (Wildman–Crippen LogP) is 3.63. The van der Waals surface area contributed by atoms with E-state index in [-0.39, 0.29) is 6.10 Å². The molecule has 0 spiro atoms. The SMILES string of the molecule is FC(F)(F)Cn1ccc2c(OC3CCN(Cc4cnon4)CC3)cccc21. The minimum atomic E-state index is -4.25. The number of ether oxygens (including phenoxy) is 1. The number of halogens is 3. The minimum absolute atomic E-state index is 0.0354. The third-order valence-electron chi connectivity index (χ3n) is 4.74. The Bertz CT molecular complexity index is 884. The standard InChI is InChI=1S/C18H19F3N4O2/c19-18(20,21)12-25-9-6-15-16(25)2-1-3-17(15)26-14-4-7-24(8-5-14)11-13-10-22-27-23-13/h1-3,6,9-10,14H,4-5,7-8,11-12H2. The Kier molecular flexibility index (Phi) is 4.77. The van der Waals surface area contributed by atoms with Gasteiger partial charge in [-0.2, -0.15) is 13.2 Å². The van der Waals surface area contributed by atoms with Gasteiger partial charge in [-0.05, 0) is 31.0 Å². The third kappa shape index (κ3) is 4.24. The molecule has 1 fully saturated rings. The topological polar surface area (TPSA) is 56.3 Å². The van der Waals surface area contributed by atoms with Crippen molar-refractivity contribution in [2.45, 2.75) is 38.2 Å². The maximum absolute atomic E-state index is 12.7. The first-order valence-corrected chi connectivity index (χ1v) is 8.78. The second kappa shape index (κ2) is 7.22. The Morgan fingerprint density at radius 3 is 2.70 bits per heavy atom. The van der Waals surface area contributed by atoms with E-state index < -0.39 is 12.7 Å². The van der Waals surface area contributed by atoms with Crippen molar-refractivity contribution < 1.29 is 22.5 Å². The smallest absolute Gasteiger partial charge is 0.406 e. The molecule has 0 aliphatic carbocycles. The number of alkyl halides is 3. The first kappa shape index (κ1) is 17.8. The predicted molar refractivity (Wildman–Crippen MR) is 91.2 cm³/mol. The van der Waals surface area contributed by atoms with Gasteiger partial charge in [0.25, 0.3) is 0 Å². The average molecular weight is 380 g/mol. The first-order valence-electron chi connectivity index (χ1n) is 8.78. The van der Waals surface area contributed by atoms with Crippen molar-refractivity contribution in [2.24, 2.45) is 0 Å². The van der Waals surface area contributed by atoms with Crippen molar-refractivity contribution in [2.75, 3.05) is 13.1 Å². The van der Waals surface area contributed by atoms with E-state index in [1.54, 1.807) is 24.4 Å². The van der Waals surface area contributed by atoms with Gasteiger partial charge in [-0.15, -0.1) is 0 Å². The lowest BCUT2D eigenvalue weighted by molar-refractivity contribution is -0.139. The summed E-state index contributed by atoms with van der Waals surface area (Å²) in [6, 6.07) is 6.91. The molecule has 1 aliphatic rings. The number of aromatic nitrogens is 3. The van der Waals surface area contributed by atoms with E-state index in [0.29, 0.717) is 23.2 Å². The highest BCUT2D eigenvalue weighted by molar-refractivity contribution is 5.86. The largest absolute Gasteiger partial charge is 0.490 e. The number of fused-ring (bicyclic) bond motifs is 1. The summed E-state index contributed by atoms with van der Waals surface area (Å²) in [6.45, 7) is 1.38. The number of hydrogen-bond donors (Lipinski definition) is 0. The Balaban J connectivity index is 1.41. The molecule has 3 aromatic rings. The van der Waals surface area contributed by atoms with Crippen molar-refractivity contribution in [1.82, 2.24) is 19.8 Å². The zero-order valence-corrected chi connectivity index (χ0v) is 14.5. The molecule has 144 valence electrons. The fourth-order valence-electron chi connectivity index (χ4n) is 3.48. The monoisotopic (exact) mass is 380 g/mol. The normalized spacial score (nSPS) is 16.9. The van der Waals surface area contributed by atoms with E-state index in [1.807, 2.05) is 6.07 Å². The Morgan fingerprint density at radius 2 is 2.00 bits per heavy atom. The van der Waals surface area contributed by atoms with Crippen LogP contribution in [0.25, 0.3) is 10.9 Å². The Hall–Kier alpha value is -2.55. The summed E-state index contributed by atoms with van der Waals surface area (Å²) in [5.41, 5.74) is 1.32. The van der Waals surface area contributed by atoms with Crippen LogP contribution in [0, 0.1) is 0 Å². The van der Waals surface area contributed by atoms with Crippen LogP contribution in [0.2, 0.25) is 0 Å². The molecule has 0 saturated carbocycles. The highest BCUT2D eigenvalue weighted by Gasteiger charge is 2.28. The highest BCUT2D eigenvalue weighted by Crippen LogP contribution is 2.31. The molecule has 0 radical (unpaired) electrons. The second-order valence-electron chi connectivity index (χ2n) is 6.74. The fraction of sp³-hybridized carbons (Fsp3) is 0.444. The van der Waals surface area contributed by atoms with Crippen LogP contribution in [-0.2, 0) is 13.1 Å². The molecular weight excluding hydrogens is 361 g/mol. The molecule has 1 aromatic carbocycles. The van der Waals surface area contributed by atoms with Crippen LogP contribution in [-0.4, -0.2) is 45.2 Å². The molecule has 1 saturated heterocycles. The van der Waals surface area contributed by atoms with E-state index in [2.05, 4.69) is 19.8 Å². The van der Waals surface area contributed by atoms with Crippen molar-refractivity contribution >= 4 is 10.9 Å². The van der Waals surface area contributed by atoms with Crippen molar-refractivity contribution in [3.05, 3.63) is 42.4 Å². The van der Waals surface area contributed by atoms with Gasteiger partial charge in [-0.1, -0.05) is 16.4 Å². The fourth-order valence-corrected chi connectivity index (χ4v) is 3.48. The van der Waals surface area contributed by atoms with Gasteiger partial charge < -0.3 is 9.30 Å². The quantitative estimate of drug-likeness (QED) is 0.677. The molecule has 1 aliphatic heterocycles. The van der Waals surface area contributed by atoms with Gasteiger partial charge >= 0.3 is 6.18 Å². The Labute approximate surface area is 153 Å². The lowest BCUT2D eigenvalue weighted by Gasteiger charge is -2.31. The minimum Gasteiger partial charge on any atom is -0.490 e. The molecular formula is C18H19F3N4O2. The van der Waals surface area contributed by atoms with Crippen LogP contribution >= 0.6 is 0 Å². The van der Waals surface area contributed by atoms with Crippen LogP contribution < -0.4 is 4.74 Å². The van der Waals surface area contributed by atoms with Crippen LogP contribution in [0.3, 0.4) is 0 Å². The average Bonchev–Trinajstić information content (AvgIpc) is 3.26. The summed E-state index contributed by atoms with van der Waals surface area (Å²) in [5, 5.41) is 8.13. The summed E-state index contributed by atoms with van der Waals surface area (Å²) in [7, 11) is 0. The van der Waals surface area contributed by atoms with E-state index in [9.17, 15) is 13.2 Å². The van der Waals surface area contributed by atoms with Gasteiger partial charge in [0, 0.05) is 31.2 Å². The highest BCUT2D eigenvalue weighted by atomic mass is 19.4. The van der Waals surface area contributed by atoms with Gasteiger partial charge in [0.1, 0.15) is 24.1 Å². The van der Waals surface area contributed by atoms with E-state index >= 15 is 0 Å². The number of nitrogens with zero attached hydrogens (tertiary/aromatic N) is 4. The van der Waals surface area contributed by atoms with Crippen LogP contribution in [0.1, 0.15) is 18.5 Å². The summed E-state index contributed by atoms with van der Waals surface area (Å²) < 4.78 is 50.1. The van der Waals surface area contributed by atoms with Gasteiger partial charge in [0.2, 0.25) is 0 Å². The molecule has 0 N–H and O–H groups in total. The third-order valence-corrected chi connectivity index (χ3v) is 4.74. The molecule has 0 amide bonds. The lowest BCUT2D eigenvalue weighted by Crippen LogP contribution is -2.37. The zero-order chi connectivity index (χ0) is 18.9. The van der Waals surface area contributed by atoms with Crippen LogP contribution in [0.5, 0.6) is 5.75 Å². The van der Waals surface area contributed by atoms with Crippen molar-refractivity contribution in [3.63, 3.8) is 0 Å². The summed E-state index contributed by atoms with van der Waals surface area (Å²) in [6.07, 6.45) is 0.521. The molecule has 9 heteroatoms. The maximum Gasteiger partial charge on any atom is 0.406 e. The van der Waals surface area contributed by atoms with Gasteiger partial charge in [-0.3, -0.25) is 4.90 Å². The first-order chi connectivity index (χ1) is 13.0. The maximum atomic E-state index is 12.7. The van der Waals surface area contributed by atoms with Gasteiger partial charge in [0.05, 0.1) is 11.7 Å². The van der Waals surface area contributed by atoms with Crippen molar-refractivity contribution in [1.29, 1.82) is 0 Å². The Morgan fingerprint density at radius 1 is 1.19 bits per heavy atom. The second-order valence-corrected chi connectivity index (χ2v) is 6.74. The molecule has 3 heterocycles. The zero-order valence-electron chi connectivity index (χ0n) is 14.5. The van der Waals surface area contributed by atoms with E-state index in [1.165, 1.54) is 10.8 Å². The van der Waals surface area contributed by atoms with Gasteiger partial charge in [-0.25, -0.2) is 4.63 Å². The summed E-state index contributed by atoms with van der Waals surface area (Å²) >= 11 is 0. The molecule has 6 nitrogen and oxygen atoms in total. The number of piperidine rings is 1. The van der Waals surface area contributed by atoms with Crippen LogP contribution in [0.4, 0.5) is 13.2 Å². The van der Waals surface area contributed by atoms with E-state index in [4.69, 9.17) is 4.74 Å². The molecule has 2 aromatic heterocycles. The molecule has 0 unspecified atom stereocenters. The number of hydrogen-bond acceptors (Lipinski definition) is 5. The van der Waals surface area contributed by atoms with Crippen molar-refractivity contribution in [3.8, 4) is 5.75 Å². The van der Waals surface area contributed by atoms with Crippen LogP contribution in [0.15, 0.2) is 41.3 Å². The molecule has 0 atom stereocenters. The van der Waals surface area contributed by atoms with E-state index in [0.717, 1.165) is 31.6 Å².